The number of nitrogens with one attached hydrogen (secondary N) is 1. The molecular weight excluding hydrogens is 470 g/mol. The largest absolute Gasteiger partial charge is 0.353 e. The lowest BCUT2D eigenvalue weighted by Crippen LogP contribution is -2.44. The Kier molecular flexibility index (Phi) is 8.43. The molecule has 6 nitrogen and oxygen atoms in total. The van der Waals surface area contributed by atoms with Crippen molar-refractivity contribution in [2.75, 3.05) is 32.7 Å². The second-order valence-corrected chi connectivity index (χ2v) is 10.0. The summed E-state index contributed by atoms with van der Waals surface area (Å²) in [5, 5.41) is 3.03. The summed E-state index contributed by atoms with van der Waals surface area (Å²) in [7, 11) is 0. The molecule has 0 atom stereocenters. The van der Waals surface area contributed by atoms with Crippen molar-refractivity contribution in [1.29, 1.82) is 0 Å². The molecule has 2 aromatic rings. The van der Waals surface area contributed by atoms with Crippen molar-refractivity contribution in [3.63, 3.8) is 0 Å². The maximum Gasteiger partial charge on any atom is 0.293 e. The van der Waals surface area contributed by atoms with Gasteiger partial charge in [-0.05, 0) is 73.3 Å². The summed E-state index contributed by atoms with van der Waals surface area (Å²) >= 11 is 7.04. The molecule has 178 valence electrons. The maximum absolute atomic E-state index is 12.6. The lowest BCUT2D eigenvalue weighted by atomic mass is 9.90. The second-order valence-electron chi connectivity index (χ2n) is 8.61. The van der Waals surface area contributed by atoms with E-state index in [0.717, 1.165) is 44.1 Å². The van der Waals surface area contributed by atoms with Crippen LogP contribution in [0.3, 0.4) is 0 Å². The van der Waals surface area contributed by atoms with Gasteiger partial charge in [-0.2, -0.15) is 0 Å². The topological polar surface area (TPSA) is 69.7 Å². The summed E-state index contributed by atoms with van der Waals surface area (Å²) in [6, 6.07) is 17.7. The first kappa shape index (κ1) is 24.5. The Labute approximate surface area is 209 Å². The Balaban J connectivity index is 1.18. The van der Waals surface area contributed by atoms with Gasteiger partial charge in [-0.25, -0.2) is 0 Å². The molecule has 4 rings (SSSR count). The Hall–Kier alpha value is -2.61. The highest BCUT2D eigenvalue weighted by atomic mass is 35.5. The van der Waals surface area contributed by atoms with E-state index in [-0.39, 0.29) is 30.1 Å². The average molecular weight is 498 g/mol. The zero-order chi connectivity index (χ0) is 23.9. The summed E-state index contributed by atoms with van der Waals surface area (Å²) in [6.45, 7) is 2.53. The zero-order valence-corrected chi connectivity index (χ0v) is 20.5. The van der Waals surface area contributed by atoms with Crippen LogP contribution in [-0.4, -0.2) is 59.6 Å². The smallest absolute Gasteiger partial charge is 0.293 e. The number of hydrogen-bond acceptors (Lipinski definition) is 5. The number of imide groups is 1. The normalized spacial score (nSPS) is 18.6. The molecule has 2 fully saturated rings. The molecule has 1 N–H and O–H groups in total. The van der Waals surface area contributed by atoms with Gasteiger partial charge in [0, 0.05) is 18.1 Å². The van der Waals surface area contributed by atoms with E-state index in [2.05, 4.69) is 34.5 Å². The van der Waals surface area contributed by atoms with Crippen molar-refractivity contribution < 1.29 is 14.4 Å². The number of thioether (sulfide) groups is 1. The first-order valence-electron chi connectivity index (χ1n) is 11.5. The maximum atomic E-state index is 12.6. The summed E-state index contributed by atoms with van der Waals surface area (Å²) in [4.78, 5) is 41.0. The van der Waals surface area contributed by atoms with Crippen molar-refractivity contribution in [3.05, 3.63) is 75.7 Å². The van der Waals surface area contributed by atoms with Crippen LogP contribution in [0.25, 0.3) is 6.08 Å². The molecule has 3 amide bonds. The van der Waals surface area contributed by atoms with Gasteiger partial charge in [0.25, 0.3) is 11.1 Å². The summed E-state index contributed by atoms with van der Waals surface area (Å²) < 4.78 is 0. The number of benzene rings is 2. The highest BCUT2D eigenvalue weighted by Gasteiger charge is 2.34. The van der Waals surface area contributed by atoms with Crippen LogP contribution in [0.15, 0.2) is 59.5 Å². The highest BCUT2D eigenvalue weighted by molar-refractivity contribution is 8.18. The number of carbonyl (C=O) groups excluding carboxylic acids is 3. The predicted molar refractivity (Wildman–Crippen MR) is 136 cm³/mol. The third-order valence-electron chi connectivity index (χ3n) is 6.16. The van der Waals surface area contributed by atoms with Crippen LogP contribution in [0, 0.1) is 5.92 Å². The fourth-order valence-corrected chi connectivity index (χ4v) is 5.33. The van der Waals surface area contributed by atoms with E-state index in [0.29, 0.717) is 28.0 Å². The van der Waals surface area contributed by atoms with Crippen molar-refractivity contribution in [2.24, 2.45) is 5.92 Å². The average Bonchev–Trinajstić information content (AvgIpc) is 3.10. The van der Waals surface area contributed by atoms with Crippen LogP contribution >= 0.6 is 23.4 Å². The van der Waals surface area contributed by atoms with Crippen LogP contribution in [0.2, 0.25) is 5.02 Å². The van der Waals surface area contributed by atoms with Crippen LogP contribution in [-0.2, 0) is 16.0 Å². The summed E-state index contributed by atoms with van der Waals surface area (Å²) in [5.41, 5.74) is 2.06. The van der Waals surface area contributed by atoms with Gasteiger partial charge in [0.1, 0.15) is 0 Å². The van der Waals surface area contributed by atoms with Crippen LogP contribution < -0.4 is 5.32 Å². The molecule has 0 bridgehead atoms. The number of hydrogen-bond donors (Lipinski definition) is 1. The number of nitrogens with zero attached hydrogens (tertiary/aromatic N) is 2. The van der Waals surface area contributed by atoms with Gasteiger partial charge in [0.05, 0.1) is 11.4 Å². The van der Waals surface area contributed by atoms with Gasteiger partial charge < -0.3 is 5.32 Å². The summed E-state index contributed by atoms with van der Waals surface area (Å²) in [6.07, 6.45) is 4.88. The van der Waals surface area contributed by atoms with E-state index in [1.165, 1.54) is 10.5 Å². The fourth-order valence-electron chi connectivity index (χ4n) is 4.29. The molecule has 2 saturated heterocycles. The minimum Gasteiger partial charge on any atom is -0.353 e. The molecule has 0 radical (unpaired) electrons. The molecular formula is C26H28ClN3O3S. The lowest BCUT2D eigenvalue weighted by molar-refractivity contribution is -0.125. The van der Waals surface area contributed by atoms with Gasteiger partial charge in [0.15, 0.2) is 0 Å². The Morgan fingerprint density at radius 3 is 2.50 bits per heavy atom. The molecule has 2 aliphatic heterocycles. The van der Waals surface area contributed by atoms with E-state index < -0.39 is 0 Å². The van der Waals surface area contributed by atoms with Crippen LogP contribution in [0.5, 0.6) is 0 Å². The molecule has 0 unspecified atom stereocenters. The minimum atomic E-state index is -0.357. The molecule has 2 aromatic carbocycles. The van der Waals surface area contributed by atoms with Gasteiger partial charge in [0.2, 0.25) is 5.91 Å². The van der Waals surface area contributed by atoms with Crippen LogP contribution in [0.1, 0.15) is 24.0 Å². The Morgan fingerprint density at radius 2 is 1.76 bits per heavy atom. The van der Waals surface area contributed by atoms with E-state index in [1.54, 1.807) is 24.3 Å². The van der Waals surface area contributed by atoms with Crippen molar-refractivity contribution in [1.82, 2.24) is 15.1 Å². The zero-order valence-electron chi connectivity index (χ0n) is 18.9. The molecule has 0 aromatic heterocycles. The monoisotopic (exact) mass is 497 g/mol. The number of rotatable bonds is 8. The van der Waals surface area contributed by atoms with E-state index in [4.69, 9.17) is 11.6 Å². The van der Waals surface area contributed by atoms with Crippen molar-refractivity contribution >= 4 is 46.5 Å². The molecule has 0 saturated carbocycles. The summed E-state index contributed by atoms with van der Waals surface area (Å²) in [5.74, 6) is 0.212. The molecule has 8 heteroatoms. The quantitative estimate of drug-likeness (QED) is 0.546. The predicted octanol–water partition coefficient (Wildman–Crippen LogP) is 4.45. The third kappa shape index (κ3) is 6.50. The minimum absolute atomic E-state index is 0.0832. The van der Waals surface area contributed by atoms with E-state index in [1.807, 2.05) is 12.1 Å². The lowest BCUT2D eigenvalue weighted by Gasteiger charge is -2.31. The van der Waals surface area contributed by atoms with Crippen molar-refractivity contribution in [3.8, 4) is 0 Å². The van der Waals surface area contributed by atoms with E-state index in [9.17, 15) is 14.4 Å². The highest BCUT2D eigenvalue weighted by Crippen LogP contribution is 2.33. The molecule has 0 spiro atoms. The standard InChI is InChI=1S/C26H28ClN3O3S/c27-22-9-5-4-8-21(22)17-23-25(32)30(26(33)34-23)15-12-28-24(31)18-29-13-10-20(11-14-29)16-19-6-2-1-3-7-19/h1-9,17,20H,10-16,18H2,(H,28,31)/b23-17-. The van der Waals surface area contributed by atoms with Gasteiger partial charge in [-0.3, -0.25) is 24.2 Å². The number of piperidine rings is 1. The second kappa shape index (κ2) is 11.7. The number of likely N-dealkylation sites (tertiary alicyclic amines) is 1. The van der Waals surface area contributed by atoms with Gasteiger partial charge >= 0.3 is 0 Å². The number of halogens is 1. The first-order chi connectivity index (χ1) is 16.5. The fraction of sp³-hybridized carbons (Fsp3) is 0.346. The number of carbonyl (C=O) groups is 3. The molecule has 34 heavy (non-hydrogen) atoms. The third-order valence-corrected chi connectivity index (χ3v) is 7.42. The molecule has 2 aliphatic rings. The molecule has 2 heterocycles. The van der Waals surface area contributed by atoms with Gasteiger partial charge in [-0.1, -0.05) is 60.1 Å². The SMILES string of the molecule is O=C(CN1CCC(Cc2ccccc2)CC1)NCCN1C(=O)S/C(=C\c2ccccc2Cl)C1=O. The Morgan fingerprint density at radius 1 is 1.06 bits per heavy atom. The number of amides is 3. The first-order valence-corrected chi connectivity index (χ1v) is 12.7. The Bertz CT molecular complexity index is 1070. The molecule has 0 aliphatic carbocycles. The van der Waals surface area contributed by atoms with Gasteiger partial charge in [-0.15, -0.1) is 0 Å². The van der Waals surface area contributed by atoms with E-state index >= 15 is 0 Å². The van der Waals surface area contributed by atoms with Crippen molar-refractivity contribution in [2.45, 2.75) is 19.3 Å². The van der Waals surface area contributed by atoms with Crippen LogP contribution in [0.4, 0.5) is 4.79 Å².